The Hall–Kier alpha value is -0.120. The fourth-order valence-electron chi connectivity index (χ4n) is 1.57. The molecule has 9 heavy (non-hydrogen) atoms. The zero-order chi connectivity index (χ0) is 6.10. The van der Waals surface area contributed by atoms with Crippen molar-refractivity contribution in [1.29, 1.82) is 0 Å². The van der Waals surface area contributed by atoms with Crippen LogP contribution < -0.4 is 5.32 Å². The highest BCUT2D eigenvalue weighted by Gasteiger charge is 2.19. The minimum absolute atomic E-state index is 1.09. The van der Waals surface area contributed by atoms with Crippen molar-refractivity contribution in [2.24, 2.45) is 0 Å². The maximum atomic E-state index is 3.34. The predicted octanol–water partition coefficient (Wildman–Crippen LogP) is -0.530. The number of rotatable bonds is 0. The molecule has 2 aliphatic heterocycles. The van der Waals surface area contributed by atoms with Crippen LogP contribution in [-0.2, 0) is 0 Å². The Morgan fingerprint density at radius 3 is 2.22 bits per heavy atom. The average Bonchev–Trinajstić information content (AvgIpc) is 1.88. The Bertz CT molecular complexity index is 84.5. The summed E-state index contributed by atoms with van der Waals surface area (Å²) >= 11 is 0. The lowest BCUT2D eigenvalue weighted by Gasteiger charge is -2.40. The third kappa shape index (κ3) is 1.08. The summed E-state index contributed by atoms with van der Waals surface area (Å²) in [5.41, 5.74) is 0. The molecule has 2 bridgehead atoms. The Morgan fingerprint density at radius 2 is 1.67 bits per heavy atom. The number of hydrogen-bond acceptors (Lipinski definition) is 3. The van der Waals surface area contributed by atoms with Gasteiger partial charge in [-0.05, 0) is 6.42 Å². The van der Waals surface area contributed by atoms with Gasteiger partial charge in [-0.1, -0.05) is 0 Å². The van der Waals surface area contributed by atoms with E-state index in [1.54, 1.807) is 0 Å². The van der Waals surface area contributed by atoms with Crippen LogP contribution in [0, 0.1) is 0 Å². The second kappa shape index (κ2) is 2.25. The van der Waals surface area contributed by atoms with Crippen molar-refractivity contribution in [1.82, 2.24) is 15.1 Å². The first-order valence-electron chi connectivity index (χ1n) is 3.60. The zero-order valence-electron chi connectivity index (χ0n) is 5.64. The summed E-state index contributed by atoms with van der Waals surface area (Å²) in [6.07, 6.45) is 1.35. The molecule has 0 aromatic carbocycles. The molecular weight excluding hydrogens is 114 g/mol. The molecule has 2 atom stereocenters. The van der Waals surface area contributed by atoms with Crippen molar-refractivity contribution < 1.29 is 0 Å². The number of fused-ring (bicyclic) bond motifs is 2. The smallest absolute Gasteiger partial charge is 0.0529 e. The summed E-state index contributed by atoms with van der Waals surface area (Å²) in [7, 11) is 0. The van der Waals surface area contributed by atoms with Crippen LogP contribution >= 0.6 is 0 Å². The monoisotopic (exact) mass is 127 g/mol. The lowest BCUT2D eigenvalue weighted by Crippen LogP contribution is -2.56. The number of nitrogens with zero attached hydrogens (tertiary/aromatic N) is 2. The van der Waals surface area contributed by atoms with Crippen molar-refractivity contribution in [3.63, 3.8) is 0 Å². The maximum absolute atomic E-state index is 3.34. The molecule has 2 rings (SSSR count). The molecule has 52 valence electrons. The van der Waals surface area contributed by atoms with Gasteiger partial charge < -0.3 is 0 Å². The summed E-state index contributed by atoms with van der Waals surface area (Å²) in [4.78, 5) is 4.88. The van der Waals surface area contributed by atoms with E-state index in [0.29, 0.717) is 0 Å². The quantitative estimate of drug-likeness (QED) is 0.472. The Morgan fingerprint density at radius 1 is 1.00 bits per heavy atom. The van der Waals surface area contributed by atoms with Gasteiger partial charge in [0.05, 0.1) is 20.0 Å². The van der Waals surface area contributed by atoms with Crippen LogP contribution in [-0.4, -0.2) is 42.9 Å². The first kappa shape index (κ1) is 5.65. The Labute approximate surface area is 55.6 Å². The van der Waals surface area contributed by atoms with E-state index < -0.39 is 0 Å². The van der Waals surface area contributed by atoms with E-state index in [9.17, 15) is 0 Å². The van der Waals surface area contributed by atoms with Crippen LogP contribution in [0.1, 0.15) is 6.42 Å². The van der Waals surface area contributed by atoms with Crippen molar-refractivity contribution in [3.05, 3.63) is 0 Å². The molecule has 0 amide bonds. The maximum Gasteiger partial charge on any atom is 0.0529 e. The molecule has 2 heterocycles. The van der Waals surface area contributed by atoms with E-state index in [4.69, 9.17) is 0 Å². The van der Waals surface area contributed by atoms with Gasteiger partial charge in [0.25, 0.3) is 0 Å². The van der Waals surface area contributed by atoms with Gasteiger partial charge in [-0.15, -0.1) is 0 Å². The molecular formula is C6H13N3. The van der Waals surface area contributed by atoms with Crippen LogP contribution in [0.3, 0.4) is 0 Å². The Kier molecular flexibility index (Phi) is 1.41. The summed E-state index contributed by atoms with van der Waals surface area (Å²) in [6.45, 7) is 5.94. The van der Waals surface area contributed by atoms with Gasteiger partial charge in [-0.3, -0.25) is 15.1 Å². The highest BCUT2D eigenvalue weighted by Crippen LogP contribution is 2.06. The van der Waals surface area contributed by atoms with E-state index >= 15 is 0 Å². The van der Waals surface area contributed by atoms with E-state index in [1.807, 2.05) is 0 Å². The number of nitrogens with one attached hydrogen (secondary N) is 1. The largest absolute Gasteiger partial charge is 0.291 e. The normalized spacial score (nSPS) is 42.7. The standard InChI is InChI=1S/C6H13N3/c1-2-8-4-7-5-9(3-1)6-8/h7H,1-6H2. The van der Waals surface area contributed by atoms with E-state index in [0.717, 1.165) is 13.3 Å². The molecule has 0 saturated carbocycles. The van der Waals surface area contributed by atoms with Gasteiger partial charge in [0.15, 0.2) is 0 Å². The summed E-state index contributed by atoms with van der Waals surface area (Å²) in [6, 6.07) is 0. The SMILES string of the molecule is C1CN2CNCN(C1)C2. The van der Waals surface area contributed by atoms with E-state index in [-0.39, 0.29) is 0 Å². The van der Waals surface area contributed by atoms with Gasteiger partial charge in [0.1, 0.15) is 0 Å². The van der Waals surface area contributed by atoms with Gasteiger partial charge in [0, 0.05) is 13.1 Å². The fourth-order valence-corrected chi connectivity index (χ4v) is 1.57. The molecule has 3 nitrogen and oxygen atoms in total. The highest BCUT2D eigenvalue weighted by atomic mass is 15.4. The molecule has 3 heteroatoms. The number of hydrogen-bond donors (Lipinski definition) is 1. The fraction of sp³-hybridized carbons (Fsp3) is 1.00. The van der Waals surface area contributed by atoms with Gasteiger partial charge in [-0.25, -0.2) is 0 Å². The van der Waals surface area contributed by atoms with E-state index in [1.165, 1.54) is 26.2 Å². The van der Waals surface area contributed by atoms with Crippen molar-refractivity contribution in [2.75, 3.05) is 33.1 Å². The average molecular weight is 127 g/mol. The molecule has 0 aliphatic carbocycles. The van der Waals surface area contributed by atoms with Crippen LogP contribution in [0.15, 0.2) is 0 Å². The predicted molar refractivity (Wildman–Crippen MR) is 35.8 cm³/mol. The molecule has 2 unspecified atom stereocenters. The first-order chi connectivity index (χ1) is 4.45. The topological polar surface area (TPSA) is 18.5 Å². The minimum atomic E-state index is 1.09. The third-order valence-corrected chi connectivity index (χ3v) is 2.02. The molecule has 0 spiro atoms. The lowest BCUT2D eigenvalue weighted by atomic mass is 10.3. The van der Waals surface area contributed by atoms with Crippen molar-refractivity contribution >= 4 is 0 Å². The zero-order valence-corrected chi connectivity index (χ0v) is 5.64. The van der Waals surface area contributed by atoms with Gasteiger partial charge in [-0.2, -0.15) is 0 Å². The van der Waals surface area contributed by atoms with Crippen LogP contribution in [0.25, 0.3) is 0 Å². The first-order valence-corrected chi connectivity index (χ1v) is 3.60. The van der Waals surface area contributed by atoms with Crippen molar-refractivity contribution in [2.45, 2.75) is 6.42 Å². The highest BCUT2D eigenvalue weighted by molar-refractivity contribution is 4.70. The summed E-state index contributed by atoms with van der Waals surface area (Å²) in [5.74, 6) is 0. The van der Waals surface area contributed by atoms with Crippen LogP contribution in [0.5, 0.6) is 0 Å². The van der Waals surface area contributed by atoms with Crippen LogP contribution in [0.4, 0.5) is 0 Å². The van der Waals surface area contributed by atoms with Gasteiger partial charge in [0.2, 0.25) is 0 Å². The molecule has 0 aromatic rings. The second-order valence-electron chi connectivity index (χ2n) is 2.85. The third-order valence-electron chi connectivity index (χ3n) is 2.02. The lowest BCUT2D eigenvalue weighted by molar-refractivity contribution is 0.0281. The summed E-state index contributed by atoms with van der Waals surface area (Å²) in [5, 5.41) is 3.34. The molecule has 0 aromatic heterocycles. The van der Waals surface area contributed by atoms with E-state index in [2.05, 4.69) is 15.1 Å². The minimum Gasteiger partial charge on any atom is -0.291 e. The molecule has 2 aliphatic rings. The summed E-state index contributed by atoms with van der Waals surface area (Å²) < 4.78 is 0. The molecule has 2 fully saturated rings. The molecule has 2 saturated heterocycles. The van der Waals surface area contributed by atoms with Crippen LogP contribution in [0.2, 0.25) is 0 Å². The molecule has 0 radical (unpaired) electrons. The Balaban J connectivity index is 1.96. The second-order valence-corrected chi connectivity index (χ2v) is 2.85. The van der Waals surface area contributed by atoms with Crippen molar-refractivity contribution in [3.8, 4) is 0 Å². The van der Waals surface area contributed by atoms with Gasteiger partial charge >= 0.3 is 0 Å². The molecule has 1 N–H and O–H groups in total.